The van der Waals surface area contributed by atoms with Gasteiger partial charge in [0, 0.05) is 5.39 Å². The number of hydrogen-bond acceptors (Lipinski definition) is 2. The fourth-order valence-corrected chi connectivity index (χ4v) is 1.83. The first-order valence-corrected chi connectivity index (χ1v) is 5.36. The summed E-state index contributed by atoms with van der Waals surface area (Å²) in [6.07, 6.45) is 0. The van der Waals surface area contributed by atoms with Gasteiger partial charge in [0.05, 0.1) is 17.6 Å². The molecule has 84 valence electrons. The van der Waals surface area contributed by atoms with Gasteiger partial charge in [-0.2, -0.15) is 13.2 Å². The van der Waals surface area contributed by atoms with Crippen LogP contribution in [-0.2, 0) is 0 Å². The van der Waals surface area contributed by atoms with Crippen molar-refractivity contribution in [1.29, 1.82) is 0 Å². The molecule has 0 spiro atoms. The van der Waals surface area contributed by atoms with E-state index in [0.29, 0.717) is 5.69 Å². The van der Waals surface area contributed by atoms with Crippen molar-refractivity contribution in [3.63, 3.8) is 0 Å². The number of halogens is 3. The van der Waals surface area contributed by atoms with Crippen molar-refractivity contribution in [2.45, 2.75) is 5.51 Å². The SMILES string of the molecule is FC(F)(F)SNc1cccc2ccccc12. The van der Waals surface area contributed by atoms with E-state index in [0.717, 1.165) is 10.8 Å². The lowest BCUT2D eigenvalue weighted by Gasteiger charge is -2.10. The van der Waals surface area contributed by atoms with Crippen LogP contribution in [0.5, 0.6) is 0 Å². The Morgan fingerprint density at radius 3 is 2.38 bits per heavy atom. The smallest absolute Gasteiger partial charge is 0.322 e. The molecule has 0 heterocycles. The predicted octanol–water partition coefficient (Wildman–Crippen LogP) is 4.42. The second kappa shape index (κ2) is 4.25. The maximum atomic E-state index is 12.0. The van der Waals surface area contributed by atoms with Crippen molar-refractivity contribution in [1.82, 2.24) is 0 Å². The molecule has 0 atom stereocenters. The lowest BCUT2D eigenvalue weighted by atomic mass is 10.1. The molecular formula is C11H8F3NS. The summed E-state index contributed by atoms with van der Waals surface area (Å²) in [5, 5.41) is 1.69. The molecule has 0 bridgehead atoms. The van der Waals surface area contributed by atoms with E-state index in [2.05, 4.69) is 4.72 Å². The van der Waals surface area contributed by atoms with Gasteiger partial charge in [-0.1, -0.05) is 36.4 Å². The minimum Gasteiger partial charge on any atom is -0.322 e. The lowest BCUT2D eigenvalue weighted by Crippen LogP contribution is -2.04. The fourth-order valence-electron chi connectivity index (χ4n) is 1.43. The number of fused-ring (bicyclic) bond motifs is 1. The van der Waals surface area contributed by atoms with Gasteiger partial charge in [-0.25, -0.2) is 0 Å². The van der Waals surface area contributed by atoms with Crippen LogP contribution in [-0.4, -0.2) is 5.51 Å². The maximum Gasteiger partial charge on any atom is 0.461 e. The molecule has 0 fully saturated rings. The Morgan fingerprint density at radius 1 is 0.938 bits per heavy atom. The number of benzene rings is 2. The summed E-state index contributed by atoms with van der Waals surface area (Å²) in [6.45, 7) is 0. The van der Waals surface area contributed by atoms with Crippen molar-refractivity contribution in [2.75, 3.05) is 4.72 Å². The summed E-state index contributed by atoms with van der Waals surface area (Å²) in [6, 6.07) is 12.5. The Kier molecular flexibility index (Phi) is 2.96. The molecule has 5 heteroatoms. The summed E-state index contributed by atoms with van der Waals surface area (Å²) in [5.74, 6) is 0. The topological polar surface area (TPSA) is 12.0 Å². The maximum absolute atomic E-state index is 12.0. The van der Waals surface area contributed by atoms with Gasteiger partial charge in [-0.3, -0.25) is 0 Å². The molecule has 0 aromatic heterocycles. The molecule has 0 unspecified atom stereocenters. The molecule has 16 heavy (non-hydrogen) atoms. The Bertz CT molecular complexity index is 491. The van der Waals surface area contributed by atoms with E-state index in [1.807, 2.05) is 18.2 Å². The van der Waals surface area contributed by atoms with Crippen molar-refractivity contribution >= 4 is 28.4 Å². The first-order chi connectivity index (χ1) is 7.56. The second-order valence-electron chi connectivity index (χ2n) is 3.18. The number of nitrogens with one attached hydrogen (secondary N) is 1. The van der Waals surface area contributed by atoms with Crippen molar-refractivity contribution in [2.24, 2.45) is 0 Å². The van der Waals surface area contributed by atoms with Crippen LogP contribution in [0.25, 0.3) is 10.8 Å². The summed E-state index contributed by atoms with van der Waals surface area (Å²) in [7, 11) is 0. The second-order valence-corrected chi connectivity index (χ2v) is 4.05. The quantitative estimate of drug-likeness (QED) is 0.783. The zero-order valence-corrected chi connectivity index (χ0v) is 8.90. The molecule has 0 saturated heterocycles. The van der Waals surface area contributed by atoms with Gasteiger partial charge < -0.3 is 4.72 Å². The number of alkyl halides is 3. The summed E-state index contributed by atoms with van der Waals surface area (Å²) in [4.78, 5) is 0. The monoisotopic (exact) mass is 243 g/mol. The van der Waals surface area contributed by atoms with Gasteiger partial charge in [-0.05, 0) is 11.5 Å². The van der Waals surface area contributed by atoms with Gasteiger partial charge >= 0.3 is 5.51 Å². The molecule has 1 N–H and O–H groups in total. The van der Waals surface area contributed by atoms with Gasteiger partial charge in [-0.15, -0.1) is 0 Å². The number of hydrogen-bond donors (Lipinski definition) is 1. The molecule has 0 amide bonds. The average molecular weight is 243 g/mol. The minimum absolute atomic E-state index is 0.248. The van der Waals surface area contributed by atoms with E-state index >= 15 is 0 Å². The molecule has 2 rings (SSSR count). The minimum atomic E-state index is -4.28. The number of rotatable bonds is 2. The average Bonchev–Trinajstić information content (AvgIpc) is 2.25. The third kappa shape index (κ3) is 2.61. The van der Waals surface area contributed by atoms with E-state index in [4.69, 9.17) is 0 Å². The zero-order valence-electron chi connectivity index (χ0n) is 8.08. The molecule has 0 radical (unpaired) electrons. The van der Waals surface area contributed by atoms with Crippen LogP contribution in [0, 0.1) is 0 Å². The molecular weight excluding hydrogens is 235 g/mol. The van der Waals surface area contributed by atoms with Crippen molar-refractivity contribution < 1.29 is 13.2 Å². The van der Waals surface area contributed by atoms with E-state index in [1.54, 1.807) is 24.3 Å². The standard InChI is InChI=1S/C11H8F3NS/c12-11(13,14)16-15-10-7-3-5-8-4-1-2-6-9(8)10/h1-7,15H. The van der Waals surface area contributed by atoms with Crippen LogP contribution in [0.15, 0.2) is 42.5 Å². The molecule has 1 nitrogen and oxygen atoms in total. The summed E-state index contributed by atoms with van der Waals surface area (Å²) < 4.78 is 38.4. The highest BCUT2D eigenvalue weighted by Crippen LogP contribution is 2.33. The summed E-state index contributed by atoms with van der Waals surface area (Å²) in [5.41, 5.74) is -3.81. The van der Waals surface area contributed by atoms with Crippen LogP contribution in [0.3, 0.4) is 0 Å². The highest BCUT2D eigenvalue weighted by molar-refractivity contribution is 8.01. The van der Waals surface area contributed by atoms with Crippen molar-refractivity contribution in [3.8, 4) is 0 Å². The molecule has 2 aromatic carbocycles. The van der Waals surface area contributed by atoms with Crippen LogP contribution in [0.4, 0.5) is 18.9 Å². The van der Waals surface area contributed by atoms with E-state index in [-0.39, 0.29) is 11.9 Å². The molecule has 0 aliphatic carbocycles. The summed E-state index contributed by atoms with van der Waals surface area (Å²) >= 11 is -0.248. The van der Waals surface area contributed by atoms with E-state index < -0.39 is 5.51 Å². The third-order valence-electron chi connectivity index (χ3n) is 2.07. The third-order valence-corrected chi connectivity index (χ3v) is 2.62. The Hall–Kier alpha value is -1.36. The number of anilines is 1. The molecule has 2 aromatic rings. The van der Waals surface area contributed by atoms with Crippen LogP contribution in [0.2, 0.25) is 0 Å². The van der Waals surface area contributed by atoms with E-state index in [1.165, 1.54) is 0 Å². The lowest BCUT2D eigenvalue weighted by molar-refractivity contribution is -0.0323. The first kappa shape index (κ1) is 11.1. The van der Waals surface area contributed by atoms with Gasteiger partial charge in [0.15, 0.2) is 0 Å². The highest BCUT2D eigenvalue weighted by atomic mass is 32.2. The highest BCUT2D eigenvalue weighted by Gasteiger charge is 2.29. The predicted molar refractivity (Wildman–Crippen MR) is 61.2 cm³/mol. The fraction of sp³-hybridized carbons (Fsp3) is 0.0909. The first-order valence-electron chi connectivity index (χ1n) is 4.55. The van der Waals surface area contributed by atoms with Crippen LogP contribution >= 0.6 is 11.9 Å². The normalized spacial score (nSPS) is 11.7. The van der Waals surface area contributed by atoms with E-state index in [9.17, 15) is 13.2 Å². The molecule has 0 aliphatic rings. The Balaban J connectivity index is 2.30. The molecule has 0 saturated carbocycles. The largest absolute Gasteiger partial charge is 0.461 e. The Labute approximate surface area is 94.8 Å². The van der Waals surface area contributed by atoms with Gasteiger partial charge in [0.1, 0.15) is 0 Å². The van der Waals surface area contributed by atoms with Crippen molar-refractivity contribution in [3.05, 3.63) is 42.5 Å². The zero-order chi connectivity index (χ0) is 11.6. The Morgan fingerprint density at radius 2 is 1.62 bits per heavy atom. The van der Waals surface area contributed by atoms with Gasteiger partial charge in [0.2, 0.25) is 0 Å². The van der Waals surface area contributed by atoms with Crippen LogP contribution < -0.4 is 4.72 Å². The van der Waals surface area contributed by atoms with Crippen LogP contribution in [0.1, 0.15) is 0 Å². The molecule has 0 aliphatic heterocycles. The van der Waals surface area contributed by atoms with Gasteiger partial charge in [0.25, 0.3) is 0 Å².